The van der Waals surface area contributed by atoms with E-state index in [0.29, 0.717) is 37.8 Å². The molecule has 0 radical (unpaired) electrons. The molecule has 154 valence electrons. The highest BCUT2D eigenvalue weighted by Gasteiger charge is 2.42. The first-order valence-electron chi connectivity index (χ1n) is 8.19. The number of hydrogen-bond acceptors (Lipinski definition) is 2. The van der Waals surface area contributed by atoms with Gasteiger partial charge in [-0.05, 0) is 49.4 Å². The van der Waals surface area contributed by atoms with Crippen LogP contribution in [0.5, 0.6) is 0 Å². The molecule has 1 aromatic carbocycles. The van der Waals surface area contributed by atoms with Crippen molar-refractivity contribution < 1.29 is 31.1 Å². The van der Waals surface area contributed by atoms with Gasteiger partial charge in [0, 0.05) is 12.6 Å². The molecule has 0 aliphatic heterocycles. The van der Waals surface area contributed by atoms with Gasteiger partial charge in [-0.3, -0.25) is 4.79 Å². The van der Waals surface area contributed by atoms with E-state index in [1.807, 2.05) is 6.92 Å². The Kier molecular flexibility index (Phi) is 7.21. The topological polar surface area (TPSA) is 55.1 Å². The molecule has 10 heteroatoms. The number of alkyl halides is 6. The minimum atomic E-state index is -4.91. The molecule has 1 aliphatic rings. The second kappa shape index (κ2) is 8.26. The number of carbonyl (C=O) groups is 1. The Morgan fingerprint density at radius 1 is 1.15 bits per heavy atom. The van der Waals surface area contributed by atoms with Crippen LogP contribution >= 0.6 is 12.4 Å². The molecule has 27 heavy (non-hydrogen) atoms. The maximum Gasteiger partial charge on any atom is 0.416 e. The summed E-state index contributed by atoms with van der Waals surface area (Å²) in [6, 6.07) is 1.17. The van der Waals surface area contributed by atoms with Gasteiger partial charge in [0.05, 0.1) is 16.5 Å². The van der Waals surface area contributed by atoms with Crippen LogP contribution in [0, 0.1) is 5.41 Å². The fourth-order valence-electron chi connectivity index (χ4n) is 3.35. The number of nitrogens with two attached hydrogens (primary N) is 1. The Morgan fingerprint density at radius 2 is 1.67 bits per heavy atom. The van der Waals surface area contributed by atoms with E-state index in [2.05, 4.69) is 5.32 Å². The molecule has 1 aliphatic carbocycles. The number of amides is 1. The van der Waals surface area contributed by atoms with Gasteiger partial charge in [0.15, 0.2) is 0 Å². The van der Waals surface area contributed by atoms with Crippen molar-refractivity contribution in [1.82, 2.24) is 5.32 Å². The van der Waals surface area contributed by atoms with Gasteiger partial charge in [0.25, 0.3) is 0 Å². The van der Waals surface area contributed by atoms with Crippen molar-refractivity contribution in [1.29, 1.82) is 0 Å². The van der Waals surface area contributed by atoms with Crippen LogP contribution < -0.4 is 11.1 Å². The molecule has 1 aromatic rings. The summed E-state index contributed by atoms with van der Waals surface area (Å²) in [7, 11) is 0. The molecule has 0 aromatic heterocycles. The van der Waals surface area contributed by atoms with E-state index < -0.39 is 35.4 Å². The third kappa shape index (κ3) is 5.51. The van der Waals surface area contributed by atoms with Crippen LogP contribution in [0.25, 0.3) is 0 Å². The van der Waals surface area contributed by atoms with Gasteiger partial charge >= 0.3 is 12.4 Å². The zero-order chi connectivity index (χ0) is 19.8. The van der Waals surface area contributed by atoms with Crippen molar-refractivity contribution in [3.8, 4) is 0 Å². The van der Waals surface area contributed by atoms with Crippen molar-refractivity contribution in [2.45, 2.75) is 57.5 Å². The van der Waals surface area contributed by atoms with E-state index in [-0.39, 0.29) is 36.0 Å². The highest BCUT2D eigenvalue weighted by Crippen LogP contribution is 2.41. The summed E-state index contributed by atoms with van der Waals surface area (Å²) in [5.74, 6) is -0.390. The molecule has 2 unspecified atom stereocenters. The summed E-state index contributed by atoms with van der Waals surface area (Å²) in [5, 5.41) is 2.48. The molecule has 0 saturated heterocycles. The van der Waals surface area contributed by atoms with E-state index in [1.54, 1.807) is 0 Å². The summed E-state index contributed by atoms with van der Waals surface area (Å²) < 4.78 is 77.2. The molecule has 1 amide bonds. The smallest absolute Gasteiger partial charge is 0.352 e. The van der Waals surface area contributed by atoms with Crippen LogP contribution in [-0.4, -0.2) is 11.9 Å². The first-order chi connectivity index (χ1) is 11.9. The lowest BCUT2D eigenvalue weighted by Gasteiger charge is -2.26. The van der Waals surface area contributed by atoms with Gasteiger partial charge in [-0.25, -0.2) is 0 Å². The van der Waals surface area contributed by atoms with Gasteiger partial charge in [0.1, 0.15) is 0 Å². The van der Waals surface area contributed by atoms with Crippen LogP contribution in [0.3, 0.4) is 0 Å². The van der Waals surface area contributed by atoms with Crippen LogP contribution in [0.15, 0.2) is 18.2 Å². The fourth-order valence-corrected chi connectivity index (χ4v) is 3.35. The third-order valence-electron chi connectivity index (χ3n) is 4.91. The zero-order valence-electron chi connectivity index (χ0n) is 14.5. The molecule has 1 fully saturated rings. The van der Waals surface area contributed by atoms with Crippen molar-refractivity contribution in [3.63, 3.8) is 0 Å². The number of nitrogens with one attached hydrogen (secondary N) is 1. The number of halogens is 7. The highest BCUT2D eigenvalue weighted by molar-refractivity contribution is 5.85. The van der Waals surface area contributed by atoms with E-state index in [9.17, 15) is 31.1 Å². The fraction of sp³-hybridized carbons (Fsp3) is 0.588. The minimum absolute atomic E-state index is 0. The average molecular weight is 419 g/mol. The lowest BCUT2D eigenvalue weighted by atomic mass is 9.82. The molecular weight excluding hydrogens is 398 g/mol. The lowest BCUT2D eigenvalue weighted by Crippen LogP contribution is -2.39. The first-order valence-corrected chi connectivity index (χ1v) is 8.19. The van der Waals surface area contributed by atoms with Crippen molar-refractivity contribution >= 4 is 18.3 Å². The third-order valence-corrected chi connectivity index (χ3v) is 4.91. The molecule has 3 N–H and O–H groups in total. The monoisotopic (exact) mass is 418 g/mol. The minimum Gasteiger partial charge on any atom is -0.352 e. The largest absolute Gasteiger partial charge is 0.416 e. The summed E-state index contributed by atoms with van der Waals surface area (Å²) >= 11 is 0. The summed E-state index contributed by atoms with van der Waals surface area (Å²) in [4.78, 5) is 12.5. The maximum absolute atomic E-state index is 12.9. The number of hydrogen-bond donors (Lipinski definition) is 2. The van der Waals surface area contributed by atoms with Crippen LogP contribution in [0.2, 0.25) is 0 Å². The van der Waals surface area contributed by atoms with E-state index in [4.69, 9.17) is 5.73 Å². The van der Waals surface area contributed by atoms with Gasteiger partial charge in [-0.15, -0.1) is 12.4 Å². The number of carbonyl (C=O) groups excluding carboxylic acids is 1. The number of rotatable bonds is 4. The molecule has 2 atom stereocenters. The molecular formula is C17H21ClF6N2O. The van der Waals surface area contributed by atoms with E-state index in [0.717, 1.165) is 0 Å². The molecule has 3 nitrogen and oxygen atoms in total. The molecule has 1 saturated carbocycles. The van der Waals surface area contributed by atoms with Crippen LogP contribution in [0.1, 0.15) is 49.3 Å². The quantitative estimate of drug-likeness (QED) is 0.698. The number of benzene rings is 1. The van der Waals surface area contributed by atoms with Crippen molar-refractivity contribution in [2.24, 2.45) is 11.1 Å². The maximum atomic E-state index is 12.9. The molecule has 0 heterocycles. The normalized spacial score (nSPS) is 23.0. The molecule has 0 bridgehead atoms. The Morgan fingerprint density at radius 3 is 2.04 bits per heavy atom. The summed E-state index contributed by atoms with van der Waals surface area (Å²) in [5.41, 5.74) is 2.07. The molecule has 0 spiro atoms. The predicted molar refractivity (Wildman–Crippen MR) is 90.1 cm³/mol. The second-order valence-corrected chi connectivity index (χ2v) is 6.73. The zero-order valence-corrected chi connectivity index (χ0v) is 15.3. The van der Waals surface area contributed by atoms with Gasteiger partial charge in [-0.1, -0.05) is 6.92 Å². The van der Waals surface area contributed by atoms with Gasteiger partial charge in [0.2, 0.25) is 5.91 Å². The predicted octanol–water partition coefficient (Wildman–Crippen LogP) is 4.67. The SMILES string of the molecule is CCC1(C(=O)NCc2cc(C(F)(F)F)cc(C(F)(F)F)c2)CCC(N)C1.Cl. The standard InChI is InChI=1S/C17H20F6N2O.ClH/c1-2-15(4-3-13(24)8-15)14(26)25-9-10-5-11(16(18,19)20)7-12(6-10)17(21,22)23;/h5-7,13H,2-4,8-9,24H2,1H3,(H,25,26);1H. The van der Waals surface area contributed by atoms with Gasteiger partial charge in [-0.2, -0.15) is 26.3 Å². The van der Waals surface area contributed by atoms with E-state index in [1.165, 1.54) is 0 Å². The van der Waals surface area contributed by atoms with Crippen LogP contribution in [-0.2, 0) is 23.7 Å². The Hall–Kier alpha value is -1.48. The Bertz CT molecular complexity index is 644. The Labute approximate surface area is 159 Å². The lowest BCUT2D eigenvalue weighted by molar-refractivity contribution is -0.143. The average Bonchev–Trinajstić information content (AvgIpc) is 2.93. The van der Waals surface area contributed by atoms with Crippen LogP contribution in [0.4, 0.5) is 26.3 Å². The first kappa shape index (κ1) is 23.6. The highest BCUT2D eigenvalue weighted by atomic mass is 35.5. The van der Waals surface area contributed by atoms with Gasteiger partial charge < -0.3 is 11.1 Å². The summed E-state index contributed by atoms with van der Waals surface area (Å²) in [6.07, 6.45) is -7.67. The molecule has 2 rings (SSSR count). The Balaban J connectivity index is 0.00000364. The van der Waals surface area contributed by atoms with E-state index >= 15 is 0 Å². The second-order valence-electron chi connectivity index (χ2n) is 6.73. The summed E-state index contributed by atoms with van der Waals surface area (Å²) in [6.45, 7) is 1.40. The van der Waals surface area contributed by atoms with Crippen molar-refractivity contribution in [3.05, 3.63) is 34.9 Å². The van der Waals surface area contributed by atoms with Crippen molar-refractivity contribution in [2.75, 3.05) is 0 Å².